The Morgan fingerprint density at radius 2 is 2.19 bits per heavy atom. The molecule has 2 aromatic heterocycles. The van der Waals surface area contributed by atoms with Crippen molar-refractivity contribution in [3.8, 4) is 0 Å². The molecule has 0 saturated heterocycles. The number of anilines is 1. The first-order valence-corrected chi connectivity index (χ1v) is 11.2. The quantitative estimate of drug-likeness (QED) is 0.352. The zero-order valence-electron chi connectivity index (χ0n) is 18.4. The van der Waals surface area contributed by atoms with Gasteiger partial charge < -0.3 is 19.7 Å². The summed E-state index contributed by atoms with van der Waals surface area (Å²) in [6.45, 7) is 6.83. The van der Waals surface area contributed by atoms with E-state index in [1.54, 1.807) is 37.5 Å². The van der Waals surface area contributed by atoms with Gasteiger partial charge in [0, 0.05) is 49.1 Å². The van der Waals surface area contributed by atoms with E-state index in [0.717, 1.165) is 26.6 Å². The number of hydrogen-bond donors (Lipinski definition) is 1. The minimum Gasteiger partial charge on any atom is -0.495 e. The number of aromatic nitrogens is 1. The summed E-state index contributed by atoms with van der Waals surface area (Å²) >= 11 is 1.48. The van der Waals surface area contributed by atoms with Crippen LogP contribution in [0.2, 0.25) is 0 Å². The standard InChI is InChI=1S/C23H28N4O4S/c1-16(2)30-11-12-31-23(29)27-10-8-18-19(14-24-3)22(32-20(18)15-27)26-21(28)7-6-17-5-4-9-25-13-17/h4-5,9,13-14H,1,6-8,10-12,15H2,2-3H3,(H,26,28). The van der Waals surface area contributed by atoms with Gasteiger partial charge in [-0.05, 0) is 37.0 Å². The first kappa shape index (κ1) is 23.5. The molecule has 0 fully saturated rings. The van der Waals surface area contributed by atoms with Crippen LogP contribution in [0, 0.1) is 0 Å². The average Bonchev–Trinajstić information content (AvgIpc) is 3.12. The molecule has 0 radical (unpaired) electrons. The topological polar surface area (TPSA) is 93.1 Å². The van der Waals surface area contributed by atoms with Crippen LogP contribution in [0.25, 0.3) is 0 Å². The predicted molar refractivity (Wildman–Crippen MR) is 125 cm³/mol. The average molecular weight is 457 g/mol. The number of hydrogen-bond acceptors (Lipinski definition) is 7. The molecule has 0 saturated carbocycles. The third kappa shape index (κ3) is 6.40. The largest absolute Gasteiger partial charge is 0.495 e. The van der Waals surface area contributed by atoms with Gasteiger partial charge in [-0.3, -0.25) is 14.8 Å². The van der Waals surface area contributed by atoms with E-state index in [-0.39, 0.29) is 25.2 Å². The maximum Gasteiger partial charge on any atom is 0.410 e. The predicted octanol–water partition coefficient (Wildman–Crippen LogP) is 3.81. The summed E-state index contributed by atoms with van der Waals surface area (Å²) in [6, 6.07) is 3.82. The van der Waals surface area contributed by atoms with E-state index in [1.807, 2.05) is 12.1 Å². The lowest BCUT2D eigenvalue weighted by molar-refractivity contribution is -0.116. The van der Waals surface area contributed by atoms with Crippen molar-refractivity contribution in [2.75, 3.05) is 32.1 Å². The third-order valence-electron chi connectivity index (χ3n) is 4.89. The minimum absolute atomic E-state index is 0.0630. The Bertz CT molecular complexity index is 987. The van der Waals surface area contributed by atoms with E-state index in [0.29, 0.717) is 38.1 Å². The van der Waals surface area contributed by atoms with Crippen molar-refractivity contribution in [2.24, 2.45) is 4.99 Å². The molecule has 2 aromatic rings. The third-order valence-corrected chi connectivity index (χ3v) is 6.04. The molecule has 1 aliphatic rings. The van der Waals surface area contributed by atoms with Gasteiger partial charge in [0.25, 0.3) is 0 Å². The summed E-state index contributed by atoms with van der Waals surface area (Å²) in [6.07, 6.45) is 6.54. The summed E-state index contributed by atoms with van der Waals surface area (Å²) in [5.41, 5.74) is 3.06. The van der Waals surface area contributed by atoms with Gasteiger partial charge in [0.2, 0.25) is 5.91 Å². The number of aryl methyl sites for hydroxylation is 1. The van der Waals surface area contributed by atoms with Crippen LogP contribution in [0.4, 0.5) is 9.80 Å². The molecule has 9 heteroatoms. The van der Waals surface area contributed by atoms with Crippen LogP contribution in [-0.2, 0) is 33.7 Å². The molecule has 1 aliphatic heterocycles. The molecule has 0 spiro atoms. The van der Waals surface area contributed by atoms with Crippen LogP contribution in [0.5, 0.6) is 0 Å². The summed E-state index contributed by atoms with van der Waals surface area (Å²) in [5.74, 6) is 0.523. The number of pyridine rings is 1. The first-order chi connectivity index (χ1) is 15.5. The zero-order valence-corrected chi connectivity index (χ0v) is 19.2. The number of allylic oxidation sites excluding steroid dienone is 1. The lowest BCUT2D eigenvalue weighted by Crippen LogP contribution is -2.36. The van der Waals surface area contributed by atoms with Gasteiger partial charge in [0.05, 0.1) is 12.3 Å². The number of amides is 2. The highest BCUT2D eigenvalue weighted by Crippen LogP contribution is 2.36. The monoisotopic (exact) mass is 456 g/mol. The maximum absolute atomic E-state index is 12.6. The molecule has 32 heavy (non-hydrogen) atoms. The van der Waals surface area contributed by atoms with Crippen molar-refractivity contribution in [1.82, 2.24) is 9.88 Å². The van der Waals surface area contributed by atoms with Crippen LogP contribution in [-0.4, -0.2) is 54.9 Å². The van der Waals surface area contributed by atoms with Crippen molar-refractivity contribution in [1.29, 1.82) is 0 Å². The molecule has 0 atom stereocenters. The van der Waals surface area contributed by atoms with Gasteiger partial charge in [0.1, 0.15) is 18.2 Å². The van der Waals surface area contributed by atoms with E-state index in [9.17, 15) is 9.59 Å². The number of ether oxygens (including phenoxy) is 2. The van der Waals surface area contributed by atoms with Crippen LogP contribution < -0.4 is 5.32 Å². The van der Waals surface area contributed by atoms with Crippen LogP contribution >= 0.6 is 11.3 Å². The number of aliphatic imine (C=N–C) groups is 1. The molecular weight excluding hydrogens is 428 g/mol. The van der Waals surface area contributed by atoms with Gasteiger partial charge in [0.15, 0.2) is 0 Å². The number of fused-ring (bicyclic) bond motifs is 1. The van der Waals surface area contributed by atoms with Gasteiger partial charge in [-0.1, -0.05) is 12.6 Å². The van der Waals surface area contributed by atoms with Gasteiger partial charge >= 0.3 is 6.09 Å². The number of carbonyl (C=O) groups is 2. The van der Waals surface area contributed by atoms with Gasteiger partial charge in [-0.15, -0.1) is 11.3 Å². The summed E-state index contributed by atoms with van der Waals surface area (Å²) in [4.78, 5) is 35.9. The molecule has 0 bridgehead atoms. The fourth-order valence-electron chi connectivity index (χ4n) is 3.37. The van der Waals surface area contributed by atoms with Crippen molar-refractivity contribution < 1.29 is 19.1 Å². The highest BCUT2D eigenvalue weighted by molar-refractivity contribution is 7.16. The lowest BCUT2D eigenvalue weighted by atomic mass is 10.0. The maximum atomic E-state index is 12.6. The lowest BCUT2D eigenvalue weighted by Gasteiger charge is -2.26. The minimum atomic E-state index is -0.373. The Kier molecular flexibility index (Phi) is 8.38. The fourth-order valence-corrected chi connectivity index (χ4v) is 4.62. The fraction of sp³-hybridized carbons (Fsp3) is 0.391. The smallest absolute Gasteiger partial charge is 0.410 e. The van der Waals surface area contributed by atoms with E-state index in [2.05, 4.69) is 21.9 Å². The molecule has 0 aromatic carbocycles. The Hall–Kier alpha value is -3.20. The van der Waals surface area contributed by atoms with E-state index >= 15 is 0 Å². The SMILES string of the molecule is C=C(C)OCCOC(=O)N1CCc2c(sc(NC(=O)CCc3cccnc3)c2C=NC)C1. The van der Waals surface area contributed by atoms with E-state index < -0.39 is 0 Å². The number of thiophene rings is 1. The van der Waals surface area contributed by atoms with Crippen molar-refractivity contribution >= 4 is 34.6 Å². The highest BCUT2D eigenvalue weighted by Gasteiger charge is 2.27. The summed E-state index contributed by atoms with van der Waals surface area (Å²) in [7, 11) is 1.71. The van der Waals surface area contributed by atoms with Crippen LogP contribution in [0.15, 0.2) is 41.9 Å². The molecule has 0 aliphatic carbocycles. The molecule has 170 valence electrons. The molecular formula is C23H28N4O4S. The zero-order chi connectivity index (χ0) is 22.9. The highest BCUT2D eigenvalue weighted by atomic mass is 32.1. The van der Waals surface area contributed by atoms with Gasteiger partial charge in [-0.2, -0.15) is 0 Å². The number of carbonyl (C=O) groups excluding carboxylic acids is 2. The number of nitrogens with one attached hydrogen (secondary N) is 1. The van der Waals surface area contributed by atoms with E-state index in [4.69, 9.17) is 9.47 Å². The molecule has 0 unspecified atom stereocenters. The van der Waals surface area contributed by atoms with Crippen LogP contribution in [0.1, 0.15) is 34.9 Å². The second-order valence-corrected chi connectivity index (χ2v) is 8.48. The molecule has 8 nitrogen and oxygen atoms in total. The Labute approximate surface area is 192 Å². The Morgan fingerprint density at radius 3 is 2.91 bits per heavy atom. The number of nitrogens with zero attached hydrogens (tertiary/aromatic N) is 3. The summed E-state index contributed by atoms with van der Waals surface area (Å²) < 4.78 is 10.5. The van der Waals surface area contributed by atoms with E-state index in [1.165, 1.54) is 11.3 Å². The second-order valence-electron chi connectivity index (χ2n) is 7.38. The van der Waals surface area contributed by atoms with Crippen molar-refractivity contribution in [2.45, 2.75) is 32.7 Å². The second kappa shape index (κ2) is 11.4. The van der Waals surface area contributed by atoms with Crippen molar-refractivity contribution in [3.63, 3.8) is 0 Å². The first-order valence-electron chi connectivity index (χ1n) is 10.4. The normalized spacial score (nSPS) is 13.0. The molecule has 1 N–H and O–H groups in total. The molecule has 3 heterocycles. The summed E-state index contributed by atoms with van der Waals surface area (Å²) in [5, 5.41) is 3.79. The Morgan fingerprint density at radius 1 is 1.38 bits per heavy atom. The number of rotatable bonds is 9. The van der Waals surface area contributed by atoms with Crippen LogP contribution in [0.3, 0.4) is 0 Å². The van der Waals surface area contributed by atoms with Crippen molar-refractivity contribution in [3.05, 3.63) is 58.4 Å². The van der Waals surface area contributed by atoms with Gasteiger partial charge in [-0.25, -0.2) is 4.79 Å². The molecule has 2 amide bonds. The Balaban J connectivity index is 1.61. The molecule has 3 rings (SSSR count).